The summed E-state index contributed by atoms with van der Waals surface area (Å²) in [5, 5.41) is 0. The van der Waals surface area contributed by atoms with Gasteiger partial charge in [-0.1, -0.05) is 24.3 Å². The fraction of sp³-hybridized carbons (Fsp3) is 0.588. The standard InChI is InChI=1S/C17H24N2O/c1-18-9-4-5-14(12-18)11-17(20)19-10-8-15-6-2-3-7-16(15)13-19/h2-3,6-7,14H,4-5,8-13H2,1H3. The van der Waals surface area contributed by atoms with Gasteiger partial charge in [-0.15, -0.1) is 0 Å². The van der Waals surface area contributed by atoms with Crippen molar-refractivity contribution < 1.29 is 4.79 Å². The first kappa shape index (κ1) is 13.6. The molecule has 0 bridgehead atoms. The third kappa shape index (κ3) is 3.04. The van der Waals surface area contributed by atoms with E-state index in [-0.39, 0.29) is 0 Å². The van der Waals surface area contributed by atoms with Crippen LogP contribution in [0.25, 0.3) is 0 Å². The Kier molecular flexibility index (Phi) is 4.06. The van der Waals surface area contributed by atoms with E-state index in [1.165, 1.54) is 30.5 Å². The Hall–Kier alpha value is -1.35. The molecule has 1 amide bonds. The molecular formula is C17H24N2O. The summed E-state index contributed by atoms with van der Waals surface area (Å²) in [6.07, 6.45) is 4.18. The average Bonchev–Trinajstić information content (AvgIpc) is 2.47. The number of amides is 1. The van der Waals surface area contributed by atoms with Crippen molar-refractivity contribution in [1.29, 1.82) is 0 Å². The first-order chi connectivity index (χ1) is 9.72. The summed E-state index contributed by atoms with van der Waals surface area (Å²) in [5.41, 5.74) is 2.74. The van der Waals surface area contributed by atoms with Crippen LogP contribution < -0.4 is 0 Å². The highest BCUT2D eigenvalue weighted by Gasteiger charge is 2.25. The van der Waals surface area contributed by atoms with Gasteiger partial charge < -0.3 is 9.80 Å². The molecule has 1 unspecified atom stereocenters. The van der Waals surface area contributed by atoms with Crippen molar-refractivity contribution in [1.82, 2.24) is 9.80 Å². The Morgan fingerprint density at radius 2 is 2.05 bits per heavy atom. The van der Waals surface area contributed by atoms with E-state index in [1.807, 2.05) is 0 Å². The Morgan fingerprint density at radius 3 is 2.85 bits per heavy atom. The molecule has 2 heterocycles. The largest absolute Gasteiger partial charge is 0.338 e. The normalized spacial score (nSPS) is 23.4. The van der Waals surface area contributed by atoms with Crippen LogP contribution in [0, 0.1) is 5.92 Å². The van der Waals surface area contributed by atoms with Crippen LogP contribution in [0.4, 0.5) is 0 Å². The molecule has 2 aliphatic rings. The summed E-state index contributed by atoms with van der Waals surface area (Å²) in [6.45, 7) is 3.95. The topological polar surface area (TPSA) is 23.6 Å². The Labute approximate surface area is 121 Å². The minimum Gasteiger partial charge on any atom is -0.338 e. The lowest BCUT2D eigenvalue weighted by Gasteiger charge is -2.33. The van der Waals surface area contributed by atoms with Gasteiger partial charge in [0.2, 0.25) is 5.91 Å². The molecule has 0 saturated carbocycles. The SMILES string of the molecule is CN1CCCC(CC(=O)N2CCc3ccccc3C2)C1. The molecule has 20 heavy (non-hydrogen) atoms. The average molecular weight is 272 g/mol. The van der Waals surface area contributed by atoms with Crippen LogP contribution in [0.5, 0.6) is 0 Å². The molecule has 1 saturated heterocycles. The molecule has 1 atom stereocenters. The van der Waals surface area contributed by atoms with E-state index < -0.39 is 0 Å². The van der Waals surface area contributed by atoms with Crippen LogP contribution in [0.3, 0.4) is 0 Å². The number of nitrogens with zero attached hydrogens (tertiary/aromatic N) is 2. The van der Waals surface area contributed by atoms with E-state index in [0.29, 0.717) is 11.8 Å². The molecule has 2 aliphatic heterocycles. The predicted octanol–water partition coefficient (Wildman–Crippen LogP) is 2.30. The number of hydrogen-bond acceptors (Lipinski definition) is 2. The molecule has 0 N–H and O–H groups in total. The molecule has 0 radical (unpaired) electrons. The summed E-state index contributed by atoms with van der Waals surface area (Å²) in [5.74, 6) is 0.901. The van der Waals surface area contributed by atoms with Gasteiger partial charge in [-0.05, 0) is 49.9 Å². The molecule has 108 valence electrons. The molecule has 1 fully saturated rings. The van der Waals surface area contributed by atoms with Crippen molar-refractivity contribution in [2.45, 2.75) is 32.2 Å². The quantitative estimate of drug-likeness (QED) is 0.825. The van der Waals surface area contributed by atoms with E-state index in [0.717, 1.165) is 32.5 Å². The maximum Gasteiger partial charge on any atom is 0.223 e. The first-order valence-corrected chi connectivity index (χ1v) is 7.75. The van der Waals surface area contributed by atoms with E-state index in [2.05, 4.69) is 41.1 Å². The van der Waals surface area contributed by atoms with Gasteiger partial charge >= 0.3 is 0 Å². The molecule has 1 aromatic carbocycles. The number of rotatable bonds is 2. The molecule has 3 heteroatoms. The Bertz CT molecular complexity index is 486. The van der Waals surface area contributed by atoms with Gasteiger partial charge in [0, 0.05) is 26.1 Å². The zero-order valence-corrected chi connectivity index (χ0v) is 12.3. The fourth-order valence-corrected chi connectivity index (χ4v) is 3.52. The molecule has 3 rings (SSSR count). The van der Waals surface area contributed by atoms with Crippen molar-refractivity contribution in [2.75, 3.05) is 26.7 Å². The minimum absolute atomic E-state index is 0.347. The molecule has 0 aromatic heterocycles. The number of likely N-dealkylation sites (tertiary alicyclic amines) is 1. The number of piperidine rings is 1. The maximum atomic E-state index is 12.5. The van der Waals surface area contributed by atoms with Crippen LogP contribution in [0.15, 0.2) is 24.3 Å². The fourth-order valence-electron chi connectivity index (χ4n) is 3.52. The van der Waals surface area contributed by atoms with Crippen molar-refractivity contribution >= 4 is 5.91 Å². The number of benzene rings is 1. The summed E-state index contributed by atoms with van der Waals surface area (Å²) in [4.78, 5) is 16.9. The van der Waals surface area contributed by atoms with Crippen LogP contribution in [0.2, 0.25) is 0 Å². The number of hydrogen-bond donors (Lipinski definition) is 0. The molecular weight excluding hydrogens is 248 g/mol. The lowest BCUT2D eigenvalue weighted by molar-refractivity contribution is -0.133. The van der Waals surface area contributed by atoms with Crippen molar-refractivity contribution in [3.8, 4) is 0 Å². The van der Waals surface area contributed by atoms with Crippen LogP contribution in [-0.4, -0.2) is 42.4 Å². The highest BCUT2D eigenvalue weighted by molar-refractivity contribution is 5.76. The number of carbonyl (C=O) groups is 1. The van der Waals surface area contributed by atoms with E-state index in [9.17, 15) is 4.79 Å². The Morgan fingerprint density at radius 1 is 1.25 bits per heavy atom. The molecule has 0 spiro atoms. The van der Waals surface area contributed by atoms with Gasteiger partial charge in [-0.3, -0.25) is 4.79 Å². The third-order valence-corrected chi connectivity index (χ3v) is 4.67. The smallest absolute Gasteiger partial charge is 0.223 e. The minimum atomic E-state index is 0.347. The highest BCUT2D eigenvalue weighted by atomic mass is 16.2. The summed E-state index contributed by atoms with van der Waals surface area (Å²) in [6, 6.07) is 8.51. The first-order valence-electron chi connectivity index (χ1n) is 7.75. The zero-order chi connectivity index (χ0) is 13.9. The molecule has 3 nitrogen and oxygen atoms in total. The Balaban J connectivity index is 1.59. The summed E-state index contributed by atoms with van der Waals surface area (Å²) in [7, 11) is 2.16. The van der Waals surface area contributed by atoms with Gasteiger partial charge in [0.05, 0.1) is 0 Å². The number of fused-ring (bicyclic) bond motifs is 1. The lowest BCUT2D eigenvalue weighted by atomic mass is 9.93. The van der Waals surface area contributed by atoms with E-state index in [1.54, 1.807) is 0 Å². The van der Waals surface area contributed by atoms with Gasteiger partial charge in [0.25, 0.3) is 0 Å². The van der Waals surface area contributed by atoms with Crippen LogP contribution in [0.1, 0.15) is 30.4 Å². The van der Waals surface area contributed by atoms with Gasteiger partial charge in [0.1, 0.15) is 0 Å². The zero-order valence-electron chi connectivity index (χ0n) is 12.3. The lowest BCUT2D eigenvalue weighted by Crippen LogP contribution is -2.39. The summed E-state index contributed by atoms with van der Waals surface area (Å²) < 4.78 is 0. The number of carbonyl (C=O) groups excluding carboxylic acids is 1. The summed E-state index contributed by atoms with van der Waals surface area (Å²) >= 11 is 0. The van der Waals surface area contributed by atoms with Gasteiger partial charge in [-0.25, -0.2) is 0 Å². The van der Waals surface area contributed by atoms with Gasteiger partial charge in [-0.2, -0.15) is 0 Å². The van der Waals surface area contributed by atoms with Crippen LogP contribution in [-0.2, 0) is 17.8 Å². The second-order valence-corrected chi connectivity index (χ2v) is 6.31. The third-order valence-electron chi connectivity index (χ3n) is 4.67. The van der Waals surface area contributed by atoms with E-state index in [4.69, 9.17) is 0 Å². The predicted molar refractivity (Wildman–Crippen MR) is 80.4 cm³/mol. The van der Waals surface area contributed by atoms with E-state index >= 15 is 0 Å². The molecule has 0 aliphatic carbocycles. The second-order valence-electron chi connectivity index (χ2n) is 6.31. The molecule has 1 aromatic rings. The van der Waals surface area contributed by atoms with Crippen molar-refractivity contribution in [3.05, 3.63) is 35.4 Å². The van der Waals surface area contributed by atoms with Crippen molar-refractivity contribution in [3.63, 3.8) is 0 Å². The monoisotopic (exact) mass is 272 g/mol. The van der Waals surface area contributed by atoms with Crippen molar-refractivity contribution in [2.24, 2.45) is 5.92 Å². The maximum absolute atomic E-state index is 12.5. The second kappa shape index (κ2) is 5.96. The highest BCUT2D eigenvalue weighted by Crippen LogP contribution is 2.23. The van der Waals surface area contributed by atoms with Crippen LogP contribution >= 0.6 is 0 Å². The van der Waals surface area contributed by atoms with Gasteiger partial charge in [0.15, 0.2) is 0 Å².